The fraction of sp³-hybridized carbons (Fsp3) is 0.533. The lowest BCUT2D eigenvalue weighted by Gasteiger charge is -2.32. The number of fused-ring (bicyclic) bond motifs is 1. The highest BCUT2D eigenvalue weighted by atomic mass is 16.5. The third-order valence-corrected chi connectivity index (χ3v) is 4.12. The van der Waals surface area contributed by atoms with Gasteiger partial charge in [-0.1, -0.05) is 6.92 Å². The van der Waals surface area contributed by atoms with E-state index < -0.39 is 0 Å². The molecule has 19 heavy (non-hydrogen) atoms. The molecule has 4 nitrogen and oxygen atoms in total. The number of benzene rings is 1. The van der Waals surface area contributed by atoms with Gasteiger partial charge >= 0.3 is 0 Å². The lowest BCUT2D eigenvalue weighted by molar-refractivity contribution is -0.128. The van der Waals surface area contributed by atoms with Crippen molar-refractivity contribution in [3.8, 4) is 0 Å². The van der Waals surface area contributed by atoms with Crippen LogP contribution in [0.3, 0.4) is 0 Å². The fourth-order valence-corrected chi connectivity index (χ4v) is 3.01. The van der Waals surface area contributed by atoms with Crippen molar-refractivity contribution in [2.75, 3.05) is 23.8 Å². The number of aryl methyl sites for hydroxylation is 1. The first-order valence-electron chi connectivity index (χ1n) is 6.98. The van der Waals surface area contributed by atoms with Gasteiger partial charge < -0.3 is 15.4 Å². The smallest absolute Gasteiger partial charge is 0.256 e. The molecule has 102 valence electrons. The number of carbonyl (C=O) groups is 1. The summed E-state index contributed by atoms with van der Waals surface area (Å²) in [6.07, 6.45) is 2.68. The second-order valence-corrected chi connectivity index (χ2v) is 5.54. The molecule has 0 aliphatic carbocycles. The Balaban J connectivity index is 1.89. The van der Waals surface area contributed by atoms with Gasteiger partial charge in [-0.3, -0.25) is 4.79 Å². The summed E-state index contributed by atoms with van der Waals surface area (Å²) in [6, 6.07) is 5.80. The Bertz CT molecular complexity index is 501. The highest BCUT2D eigenvalue weighted by molar-refractivity contribution is 5.98. The van der Waals surface area contributed by atoms with Crippen molar-refractivity contribution in [2.45, 2.75) is 32.3 Å². The average Bonchev–Trinajstić information content (AvgIpc) is 2.83. The number of ether oxygens (including phenoxy) is 1. The minimum Gasteiger partial charge on any atom is -0.399 e. The maximum Gasteiger partial charge on any atom is 0.256 e. The molecule has 2 aliphatic rings. The third kappa shape index (κ3) is 2.21. The molecule has 0 bridgehead atoms. The van der Waals surface area contributed by atoms with E-state index in [1.165, 1.54) is 5.56 Å². The highest BCUT2D eigenvalue weighted by Gasteiger charge is 2.35. The summed E-state index contributed by atoms with van der Waals surface area (Å²) in [4.78, 5) is 14.5. The number of anilines is 2. The molecule has 2 N–H and O–H groups in total. The second kappa shape index (κ2) is 4.85. The molecule has 1 fully saturated rings. The molecule has 0 spiro atoms. The summed E-state index contributed by atoms with van der Waals surface area (Å²) in [5.74, 6) is 0.419. The summed E-state index contributed by atoms with van der Waals surface area (Å²) in [5, 5.41) is 0. The zero-order valence-electron chi connectivity index (χ0n) is 11.3. The minimum absolute atomic E-state index is 0.107. The summed E-state index contributed by atoms with van der Waals surface area (Å²) in [6.45, 7) is 3.56. The molecule has 2 aliphatic heterocycles. The van der Waals surface area contributed by atoms with Crippen molar-refractivity contribution in [1.82, 2.24) is 0 Å². The van der Waals surface area contributed by atoms with Gasteiger partial charge in [0.25, 0.3) is 5.91 Å². The van der Waals surface area contributed by atoms with E-state index in [9.17, 15) is 4.79 Å². The van der Waals surface area contributed by atoms with Gasteiger partial charge in [0.1, 0.15) is 6.10 Å². The number of hydrogen-bond acceptors (Lipinski definition) is 3. The zero-order valence-corrected chi connectivity index (χ0v) is 11.3. The van der Waals surface area contributed by atoms with Crippen molar-refractivity contribution in [3.63, 3.8) is 0 Å². The molecule has 2 atom stereocenters. The molecule has 2 unspecified atom stereocenters. The van der Waals surface area contributed by atoms with Crippen LogP contribution in [-0.4, -0.2) is 25.2 Å². The van der Waals surface area contributed by atoms with E-state index in [1.807, 2.05) is 23.1 Å². The number of carbonyl (C=O) groups excluding carboxylic acids is 1. The molecule has 0 aromatic heterocycles. The quantitative estimate of drug-likeness (QED) is 0.785. The lowest BCUT2D eigenvalue weighted by atomic mass is 9.98. The maximum absolute atomic E-state index is 12.6. The van der Waals surface area contributed by atoms with Crippen LogP contribution in [0.15, 0.2) is 18.2 Å². The van der Waals surface area contributed by atoms with Gasteiger partial charge in [0.05, 0.1) is 0 Å². The Hall–Kier alpha value is -1.55. The molecular weight excluding hydrogens is 240 g/mol. The molecule has 1 amide bonds. The fourth-order valence-electron chi connectivity index (χ4n) is 3.01. The van der Waals surface area contributed by atoms with E-state index in [-0.39, 0.29) is 12.0 Å². The number of amides is 1. The predicted octanol–water partition coefficient (Wildman–Crippen LogP) is 1.97. The molecule has 4 heteroatoms. The number of nitrogens with zero attached hydrogens (tertiary/aromatic N) is 1. The van der Waals surface area contributed by atoms with Crippen molar-refractivity contribution >= 4 is 17.3 Å². The third-order valence-electron chi connectivity index (χ3n) is 4.12. The van der Waals surface area contributed by atoms with Crippen LogP contribution in [0.5, 0.6) is 0 Å². The van der Waals surface area contributed by atoms with Crippen LogP contribution >= 0.6 is 0 Å². The summed E-state index contributed by atoms with van der Waals surface area (Å²) in [7, 11) is 0. The summed E-state index contributed by atoms with van der Waals surface area (Å²) in [5.41, 5.74) is 8.76. The van der Waals surface area contributed by atoms with Gasteiger partial charge in [-0.05, 0) is 48.9 Å². The molecule has 3 rings (SSSR count). The second-order valence-electron chi connectivity index (χ2n) is 5.54. The Morgan fingerprint density at radius 3 is 3.05 bits per heavy atom. The van der Waals surface area contributed by atoms with E-state index >= 15 is 0 Å². The van der Waals surface area contributed by atoms with Gasteiger partial charge in [-0.25, -0.2) is 0 Å². The number of hydrogen-bond donors (Lipinski definition) is 1. The van der Waals surface area contributed by atoms with Crippen LogP contribution in [-0.2, 0) is 16.0 Å². The Labute approximate surface area is 113 Å². The normalized spacial score (nSPS) is 26.3. The van der Waals surface area contributed by atoms with Crippen LogP contribution in [0.4, 0.5) is 11.4 Å². The van der Waals surface area contributed by atoms with Crippen molar-refractivity contribution in [1.29, 1.82) is 0 Å². The Kier molecular flexibility index (Phi) is 3.19. The van der Waals surface area contributed by atoms with E-state index in [4.69, 9.17) is 10.5 Å². The monoisotopic (exact) mass is 260 g/mol. The maximum atomic E-state index is 12.6. The van der Waals surface area contributed by atoms with Crippen molar-refractivity contribution < 1.29 is 9.53 Å². The first kappa shape index (κ1) is 12.5. The van der Waals surface area contributed by atoms with Gasteiger partial charge in [-0.2, -0.15) is 0 Å². The first-order chi connectivity index (χ1) is 9.16. The Morgan fingerprint density at radius 2 is 2.32 bits per heavy atom. The zero-order chi connectivity index (χ0) is 13.4. The van der Waals surface area contributed by atoms with E-state index in [1.54, 1.807) is 0 Å². The lowest BCUT2D eigenvalue weighted by Crippen LogP contribution is -2.43. The van der Waals surface area contributed by atoms with E-state index in [0.29, 0.717) is 12.5 Å². The topological polar surface area (TPSA) is 55.6 Å². The SMILES string of the molecule is CC1CCOC1C(=O)N1CCCc2cc(N)ccc21. The van der Waals surface area contributed by atoms with Crippen LogP contribution < -0.4 is 10.6 Å². The van der Waals surface area contributed by atoms with E-state index in [0.717, 1.165) is 37.2 Å². The highest BCUT2D eigenvalue weighted by Crippen LogP contribution is 2.31. The van der Waals surface area contributed by atoms with Gasteiger partial charge in [0.2, 0.25) is 0 Å². The Morgan fingerprint density at radius 1 is 1.47 bits per heavy atom. The van der Waals surface area contributed by atoms with Crippen molar-refractivity contribution in [3.05, 3.63) is 23.8 Å². The minimum atomic E-state index is -0.275. The molecule has 1 aromatic carbocycles. The summed E-state index contributed by atoms with van der Waals surface area (Å²) >= 11 is 0. The van der Waals surface area contributed by atoms with Crippen LogP contribution in [0.25, 0.3) is 0 Å². The van der Waals surface area contributed by atoms with Crippen LogP contribution in [0.1, 0.15) is 25.3 Å². The molecule has 1 saturated heterocycles. The van der Waals surface area contributed by atoms with Crippen molar-refractivity contribution in [2.24, 2.45) is 5.92 Å². The van der Waals surface area contributed by atoms with Gasteiger partial charge in [0, 0.05) is 24.5 Å². The van der Waals surface area contributed by atoms with Crippen LogP contribution in [0, 0.1) is 5.92 Å². The average molecular weight is 260 g/mol. The largest absolute Gasteiger partial charge is 0.399 e. The number of rotatable bonds is 1. The molecule has 0 radical (unpaired) electrons. The first-order valence-corrected chi connectivity index (χ1v) is 6.98. The number of nitrogen functional groups attached to an aromatic ring is 1. The molecule has 1 aromatic rings. The molecular formula is C15H20N2O2. The predicted molar refractivity (Wildman–Crippen MR) is 75.0 cm³/mol. The molecule has 0 saturated carbocycles. The van der Waals surface area contributed by atoms with Gasteiger partial charge in [-0.15, -0.1) is 0 Å². The molecule has 2 heterocycles. The van der Waals surface area contributed by atoms with Gasteiger partial charge in [0.15, 0.2) is 0 Å². The van der Waals surface area contributed by atoms with Crippen LogP contribution in [0.2, 0.25) is 0 Å². The van der Waals surface area contributed by atoms with E-state index in [2.05, 4.69) is 6.92 Å². The number of nitrogens with two attached hydrogens (primary N) is 1. The standard InChI is InChI=1S/C15H20N2O2/c1-10-6-8-19-14(10)15(18)17-7-2-3-11-9-12(16)4-5-13(11)17/h4-5,9-10,14H,2-3,6-8,16H2,1H3. The summed E-state index contributed by atoms with van der Waals surface area (Å²) < 4.78 is 5.60.